The van der Waals surface area contributed by atoms with E-state index in [2.05, 4.69) is 10.3 Å². The Balaban J connectivity index is 1.50. The highest BCUT2D eigenvalue weighted by atomic mass is 35.5. The zero-order chi connectivity index (χ0) is 27.7. The molecular weight excluding hydrogens is 574 g/mol. The molecule has 14 heteroatoms. The molecule has 38 heavy (non-hydrogen) atoms. The van der Waals surface area contributed by atoms with Gasteiger partial charge in [0.05, 0.1) is 15.3 Å². The summed E-state index contributed by atoms with van der Waals surface area (Å²) in [6.45, 7) is 0.179. The number of hydrogen-bond donors (Lipinski definition) is 2. The van der Waals surface area contributed by atoms with E-state index in [1.54, 1.807) is 42.5 Å². The van der Waals surface area contributed by atoms with Crippen LogP contribution in [0.4, 0.5) is 5.82 Å². The number of carboxylic acid groups (broad SMARTS) is 1. The Morgan fingerprint density at radius 2 is 1.92 bits per heavy atom. The summed E-state index contributed by atoms with van der Waals surface area (Å²) >= 11 is 6.97. The molecule has 4 rings (SSSR count). The van der Waals surface area contributed by atoms with Crippen molar-refractivity contribution in [2.75, 3.05) is 17.7 Å². The highest BCUT2D eigenvalue weighted by molar-refractivity contribution is 7.95. The van der Waals surface area contributed by atoms with Crippen molar-refractivity contribution in [3.63, 3.8) is 0 Å². The molecule has 2 N–H and O–H groups in total. The Bertz CT molecular complexity index is 1620. The van der Waals surface area contributed by atoms with E-state index in [4.69, 9.17) is 11.6 Å². The summed E-state index contributed by atoms with van der Waals surface area (Å²) in [6, 6.07) is 11.8. The normalized spacial score (nSPS) is 17.3. The zero-order valence-electron chi connectivity index (χ0n) is 19.8. The molecule has 1 aliphatic rings. The van der Waals surface area contributed by atoms with E-state index < -0.39 is 43.0 Å². The summed E-state index contributed by atoms with van der Waals surface area (Å²) in [5.41, 5.74) is 1.00. The van der Waals surface area contributed by atoms with Gasteiger partial charge < -0.3 is 5.11 Å². The molecule has 2 atom stereocenters. The van der Waals surface area contributed by atoms with Gasteiger partial charge in [-0.05, 0) is 42.8 Å². The van der Waals surface area contributed by atoms with Crippen LogP contribution in [0.1, 0.15) is 11.3 Å². The maximum atomic E-state index is 13.0. The van der Waals surface area contributed by atoms with Crippen molar-refractivity contribution in [3.8, 4) is 11.1 Å². The lowest BCUT2D eigenvalue weighted by Crippen LogP contribution is -2.50. The Morgan fingerprint density at radius 1 is 1.18 bits per heavy atom. The van der Waals surface area contributed by atoms with Gasteiger partial charge in [0.2, 0.25) is 11.3 Å². The van der Waals surface area contributed by atoms with Crippen molar-refractivity contribution in [2.45, 2.75) is 22.7 Å². The van der Waals surface area contributed by atoms with Gasteiger partial charge in [-0.3, -0.25) is 15.0 Å². The van der Waals surface area contributed by atoms with Crippen LogP contribution in [-0.2, 0) is 29.3 Å². The number of carbonyl (C=O) groups excluding carboxylic acids is 1. The second-order valence-electron chi connectivity index (χ2n) is 8.42. The fourth-order valence-electron chi connectivity index (χ4n) is 3.94. The second-order valence-corrected chi connectivity index (χ2v) is 14.1. The molecule has 1 unspecified atom stereocenters. The van der Waals surface area contributed by atoms with E-state index in [0.717, 1.165) is 23.0 Å². The average molecular weight is 596 g/mol. The average Bonchev–Trinajstić information content (AvgIpc) is 3.45. The second kappa shape index (κ2) is 10.9. The number of aliphatic carboxylic acids is 1. The molecule has 1 amide bonds. The molecule has 0 radical (unpaired) electrons. The van der Waals surface area contributed by atoms with Crippen LogP contribution in [0.5, 0.6) is 0 Å². The maximum absolute atomic E-state index is 13.0. The molecule has 0 saturated carbocycles. The number of pyridine rings is 1. The molecule has 2 aromatic heterocycles. The molecule has 1 aliphatic heterocycles. The minimum atomic E-state index is -4.32. The van der Waals surface area contributed by atoms with Crippen LogP contribution in [-0.4, -0.2) is 63.0 Å². The van der Waals surface area contributed by atoms with Crippen molar-refractivity contribution in [3.05, 3.63) is 69.3 Å². The van der Waals surface area contributed by atoms with Crippen LogP contribution in [0.2, 0.25) is 4.34 Å². The third kappa shape index (κ3) is 6.13. The number of aromatic nitrogens is 1. The number of nitrogens with one attached hydrogen (secondary N) is 1. The van der Waals surface area contributed by atoms with E-state index >= 15 is 0 Å². The predicted octanol–water partition coefficient (Wildman–Crippen LogP) is 3.06. The minimum Gasteiger partial charge on any atom is -0.479 e. The van der Waals surface area contributed by atoms with E-state index in [9.17, 15) is 31.5 Å². The molecule has 0 aliphatic carbocycles. The fourth-order valence-corrected chi connectivity index (χ4v) is 7.03. The first-order valence-electron chi connectivity index (χ1n) is 11.1. The van der Waals surface area contributed by atoms with Crippen LogP contribution >= 0.6 is 22.9 Å². The number of anilines is 1. The number of carbonyl (C=O) groups is 2. The van der Waals surface area contributed by atoms with E-state index in [-0.39, 0.29) is 23.7 Å². The number of benzene rings is 1. The molecule has 10 nitrogen and oxygen atoms in total. The van der Waals surface area contributed by atoms with Gasteiger partial charge in [0.1, 0.15) is 5.82 Å². The molecule has 200 valence electrons. The monoisotopic (exact) mass is 595 g/mol. The first kappa shape index (κ1) is 27.9. The number of sulfone groups is 2. The van der Waals surface area contributed by atoms with Crippen LogP contribution in [0.15, 0.2) is 65.0 Å². The fraction of sp³-hybridized carbons (Fsp3) is 0.208. The summed E-state index contributed by atoms with van der Waals surface area (Å²) in [4.78, 5) is 31.1. The summed E-state index contributed by atoms with van der Waals surface area (Å²) in [7, 11) is -7.80. The molecule has 0 bridgehead atoms. The molecular formula is C24H22ClN3O7S3. The van der Waals surface area contributed by atoms with Gasteiger partial charge in [0, 0.05) is 40.4 Å². The lowest BCUT2D eigenvalue weighted by molar-refractivity contribution is -0.137. The molecule has 1 fully saturated rings. The predicted molar refractivity (Wildman–Crippen MR) is 145 cm³/mol. The maximum Gasteiger partial charge on any atom is 0.336 e. The van der Waals surface area contributed by atoms with Gasteiger partial charge in [-0.25, -0.2) is 26.6 Å². The van der Waals surface area contributed by atoms with Crippen molar-refractivity contribution >= 4 is 66.4 Å². The van der Waals surface area contributed by atoms with Gasteiger partial charge in [-0.15, -0.1) is 11.3 Å². The Morgan fingerprint density at radius 3 is 2.53 bits per heavy atom. The topological polar surface area (TPSA) is 151 Å². The molecule has 1 aromatic carbocycles. The third-order valence-electron chi connectivity index (χ3n) is 5.75. The van der Waals surface area contributed by atoms with Crippen LogP contribution in [0.25, 0.3) is 17.2 Å². The smallest absolute Gasteiger partial charge is 0.336 e. The van der Waals surface area contributed by atoms with Crippen LogP contribution < -0.4 is 10.2 Å². The van der Waals surface area contributed by atoms with Crippen molar-refractivity contribution < 1.29 is 31.5 Å². The lowest BCUT2D eigenvalue weighted by Gasteiger charge is -2.19. The Hall–Kier alpha value is -3.10. The van der Waals surface area contributed by atoms with Crippen LogP contribution in [0, 0.1) is 0 Å². The van der Waals surface area contributed by atoms with E-state index in [1.807, 2.05) is 0 Å². The highest BCUT2D eigenvalue weighted by Gasteiger charge is 2.40. The van der Waals surface area contributed by atoms with E-state index in [1.165, 1.54) is 23.2 Å². The third-order valence-corrected chi connectivity index (χ3v) is 9.61. The summed E-state index contributed by atoms with van der Waals surface area (Å²) in [5.74, 6) is -1.90. The number of thiophene rings is 1. The first-order valence-corrected chi connectivity index (χ1v) is 15.8. The zero-order valence-corrected chi connectivity index (χ0v) is 23.0. The van der Waals surface area contributed by atoms with Gasteiger partial charge in [0.15, 0.2) is 19.7 Å². The molecule has 1 saturated heterocycles. The van der Waals surface area contributed by atoms with E-state index in [0.29, 0.717) is 20.3 Å². The van der Waals surface area contributed by atoms with Crippen molar-refractivity contribution in [1.82, 2.24) is 10.3 Å². The number of nitrogens with zero attached hydrogens (tertiary/aromatic N) is 2. The Labute approximate surface area is 228 Å². The quantitative estimate of drug-likeness (QED) is 0.380. The summed E-state index contributed by atoms with van der Waals surface area (Å²) in [5, 5.41) is 10.8. The standard InChI is InChI=1S/C24H22ClN3O7S3/c1-37(32,33)19-5-3-2-4-17(19)15-6-9-21(26-14-15)28-12-10-18(23(28)29)27-22(24(30)31)38(34,35)13-11-16-7-8-20(25)36-16/h2-9,11,13-14,18,22,27H,10,12H2,1H3,(H,30,31)/t18-,22?/m0/s1. The van der Waals surface area contributed by atoms with Crippen LogP contribution in [0.3, 0.4) is 0 Å². The van der Waals surface area contributed by atoms with Gasteiger partial charge in [0.25, 0.3) is 0 Å². The first-order chi connectivity index (χ1) is 17.9. The van der Waals surface area contributed by atoms with Crippen molar-refractivity contribution in [2.24, 2.45) is 0 Å². The molecule has 3 heterocycles. The van der Waals surface area contributed by atoms with Crippen molar-refractivity contribution in [1.29, 1.82) is 0 Å². The largest absolute Gasteiger partial charge is 0.479 e. The number of halogens is 1. The van der Waals surface area contributed by atoms with Gasteiger partial charge >= 0.3 is 5.97 Å². The number of carboxylic acids is 1. The van der Waals surface area contributed by atoms with Gasteiger partial charge in [-0.2, -0.15) is 0 Å². The molecule has 0 spiro atoms. The number of rotatable bonds is 9. The number of amides is 1. The molecule has 3 aromatic rings. The van der Waals surface area contributed by atoms with Gasteiger partial charge in [-0.1, -0.05) is 29.8 Å². The Kier molecular flexibility index (Phi) is 8.04. The minimum absolute atomic E-state index is 0.146. The summed E-state index contributed by atoms with van der Waals surface area (Å²) < 4.78 is 50.2. The number of hydrogen-bond acceptors (Lipinski definition) is 9. The lowest BCUT2D eigenvalue weighted by atomic mass is 10.1. The SMILES string of the molecule is CS(=O)(=O)c1ccccc1-c1ccc(N2CC[C@H](NC(C(=O)O)S(=O)(=O)C=Cc3ccc(Cl)s3)C2=O)nc1. The highest BCUT2D eigenvalue weighted by Crippen LogP contribution is 2.29. The summed E-state index contributed by atoms with van der Waals surface area (Å²) in [6.07, 6.45) is 3.96.